The van der Waals surface area contributed by atoms with Gasteiger partial charge in [0.15, 0.2) is 0 Å². The summed E-state index contributed by atoms with van der Waals surface area (Å²) in [6.07, 6.45) is -4.63. The van der Waals surface area contributed by atoms with E-state index in [0.29, 0.717) is 6.54 Å². The number of nitrogens with one attached hydrogen (secondary N) is 3. The Morgan fingerprint density at radius 3 is 2.04 bits per heavy atom. The van der Waals surface area contributed by atoms with Crippen molar-refractivity contribution in [3.8, 4) is 0 Å². The van der Waals surface area contributed by atoms with Gasteiger partial charge in [-0.2, -0.15) is 13.2 Å². The van der Waals surface area contributed by atoms with Crippen LogP contribution in [0.2, 0.25) is 0 Å². The van der Waals surface area contributed by atoms with Gasteiger partial charge in [0.1, 0.15) is 0 Å². The fraction of sp³-hybridized carbons (Fsp3) is 0.263. The molecule has 2 amide bonds. The third kappa shape index (κ3) is 6.86. The van der Waals surface area contributed by atoms with E-state index in [0.717, 1.165) is 23.3 Å². The van der Waals surface area contributed by atoms with Crippen LogP contribution in [0, 0.1) is 0 Å². The van der Waals surface area contributed by atoms with Crippen molar-refractivity contribution >= 4 is 29.9 Å². The van der Waals surface area contributed by atoms with Gasteiger partial charge in [0, 0.05) is 31.3 Å². The van der Waals surface area contributed by atoms with Crippen LogP contribution in [0.5, 0.6) is 0 Å². The summed E-state index contributed by atoms with van der Waals surface area (Å²) in [6.45, 7) is 2.06. The van der Waals surface area contributed by atoms with Crippen molar-refractivity contribution in [2.45, 2.75) is 26.2 Å². The summed E-state index contributed by atoms with van der Waals surface area (Å²) >= 11 is 0. The Hall–Kier alpha value is -2.58. The van der Waals surface area contributed by atoms with Gasteiger partial charge >= 0.3 is 6.18 Å². The molecule has 0 bridgehead atoms. The molecule has 0 aliphatic rings. The Morgan fingerprint density at radius 1 is 0.964 bits per heavy atom. The van der Waals surface area contributed by atoms with E-state index in [2.05, 4.69) is 16.0 Å². The molecule has 152 valence electrons. The van der Waals surface area contributed by atoms with Gasteiger partial charge in [0.25, 0.3) is 5.91 Å². The quantitative estimate of drug-likeness (QED) is 0.673. The molecule has 0 radical (unpaired) electrons. The van der Waals surface area contributed by atoms with Gasteiger partial charge in [-0.25, -0.2) is 0 Å². The molecule has 0 fully saturated rings. The highest BCUT2D eigenvalue weighted by Crippen LogP contribution is 2.32. The minimum atomic E-state index is -4.63. The first kappa shape index (κ1) is 23.5. The first-order valence-corrected chi connectivity index (χ1v) is 8.19. The van der Waals surface area contributed by atoms with Crippen molar-refractivity contribution in [1.29, 1.82) is 0 Å². The topological polar surface area (TPSA) is 70.2 Å². The molecule has 0 saturated carbocycles. The molecule has 0 atom stereocenters. The van der Waals surface area contributed by atoms with Crippen LogP contribution in [0.4, 0.5) is 18.9 Å². The lowest BCUT2D eigenvalue weighted by molar-refractivity contribution is -0.137. The van der Waals surface area contributed by atoms with Crippen LogP contribution < -0.4 is 16.0 Å². The molecule has 0 aliphatic heterocycles. The lowest BCUT2D eigenvalue weighted by Crippen LogP contribution is -2.23. The Balaban J connectivity index is 0.00000392. The van der Waals surface area contributed by atoms with Gasteiger partial charge in [-0.3, -0.25) is 9.59 Å². The van der Waals surface area contributed by atoms with Crippen molar-refractivity contribution in [3.63, 3.8) is 0 Å². The average Bonchev–Trinajstić information content (AvgIpc) is 2.59. The summed E-state index contributed by atoms with van der Waals surface area (Å²) in [5, 5.41) is 7.89. The second-order valence-electron chi connectivity index (χ2n) is 6.01. The van der Waals surface area contributed by atoms with Crippen molar-refractivity contribution in [2.75, 3.05) is 12.4 Å². The SMILES string of the molecule is CNCc1ccc(CNC(=O)c2cc(NC(C)=O)cc(C(F)(F)F)c2)cc1.Cl. The first-order valence-electron chi connectivity index (χ1n) is 8.19. The molecule has 0 unspecified atom stereocenters. The summed E-state index contributed by atoms with van der Waals surface area (Å²) in [5.41, 5.74) is 0.622. The standard InChI is InChI=1S/C19H20F3N3O2.ClH/c1-12(26)25-17-8-15(7-16(9-17)19(20,21)22)18(27)24-11-14-5-3-13(4-6-14)10-23-2;/h3-9,23H,10-11H2,1-2H3,(H,24,27)(H,25,26);1H. The minimum Gasteiger partial charge on any atom is -0.348 e. The number of carbonyl (C=O) groups excluding carboxylic acids is 2. The lowest BCUT2D eigenvalue weighted by Gasteiger charge is -2.13. The van der Waals surface area contributed by atoms with Crippen molar-refractivity contribution in [2.24, 2.45) is 0 Å². The maximum Gasteiger partial charge on any atom is 0.416 e. The molecule has 9 heteroatoms. The number of hydrogen-bond acceptors (Lipinski definition) is 3. The number of benzene rings is 2. The van der Waals surface area contributed by atoms with Gasteiger partial charge in [-0.05, 0) is 36.4 Å². The largest absolute Gasteiger partial charge is 0.416 e. The van der Waals surface area contributed by atoms with E-state index in [4.69, 9.17) is 0 Å². The van der Waals surface area contributed by atoms with Crippen LogP contribution in [0.3, 0.4) is 0 Å². The van der Waals surface area contributed by atoms with Crippen molar-refractivity contribution in [3.05, 3.63) is 64.7 Å². The molecule has 2 aromatic carbocycles. The highest BCUT2D eigenvalue weighted by molar-refractivity contribution is 5.97. The van der Waals surface area contributed by atoms with E-state index in [1.807, 2.05) is 31.3 Å². The second kappa shape index (κ2) is 10.1. The molecule has 0 saturated heterocycles. The zero-order chi connectivity index (χ0) is 20.0. The van der Waals surface area contributed by atoms with Crippen LogP contribution in [-0.2, 0) is 24.1 Å². The maximum absolute atomic E-state index is 13.1. The normalized spacial score (nSPS) is 10.8. The van der Waals surface area contributed by atoms with Crippen molar-refractivity contribution < 1.29 is 22.8 Å². The van der Waals surface area contributed by atoms with E-state index in [1.165, 1.54) is 13.0 Å². The van der Waals surface area contributed by atoms with Crippen LogP contribution in [0.1, 0.15) is 34.0 Å². The molecular weight excluding hydrogens is 395 g/mol. The zero-order valence-electron chi connectivity index (χ0n) is 15.3. The highest BCUT2D eigenvalue weighted by atomic mass is 35.5. The number of anilines is 1. The molecule has 0 heterocycles. The molecule has 28 heavy (non-hydrogen) atoms. The van der Waals surface area contributed by atoms with Gasteiger partial charge < -0.3 is 16.0 Å². The third-order valence-electron chi connectivity index (χ3n) is 3.70. The summed E-state index contributed by atoms with van der Waals surface area (Å²) in [5.74, 6) is -1.19. The number of alkyl halides is 3. The summed E-state index contributed by atoms with van der Waals surface area (Å²) in [6, 6.07) is 10.2. The van der Waals surface area contributed by atoms with Gasteiger partial charge in [-0.15, -0.1) is 12.4 Å². The Bertz CT molecular complexity index is 824. The number of carbonyl (C=O) groups is 2. The van der Waals surface area contributed by atoms with E-state index in [1.54, 1.807) is 0 Å². The van der Waals surface area contributed by atoms with Crippen LogP contribution in [-0.4, -0.2) is 18.9 Å². The Kier molecular flexibility index (Phi) is 8.46. The molecule has 3 N–H and O–H groups in total. The molecule has 0 aliphatic carbocycles. The summed E-state index contributed by atoms with van der Waals surface area (Å²) in [4.78, 5) is 23.4. The highest BCUT2D eigenvalue weighted by Gasteiger charge is 2.32. The summed E-state index contributed by atoms with van der Waals surface area (Å²) < 4.78 is 39.2. The Morgan fingerprint density at radius 2 is 1.54 bits per heavy atom. The summed E-state index contributed by atoms with van der Waals surface area (Å²) in [7, 11) is 1.83. The third-order valence-corrected chi connectivity index (χ3v) is 3.70. The average molecular weight is 416 g/mol. The number of hydrogen-bond donors (Lipinski definition) is 3. The smallest absolute Gasteiger partial charge is 0.348 e. The van der Waals surface area contributed by atoms with Crippen LogP contribution >= 0.6 is 12.4 Å². The zero-order valence-corrected chi connectivity index (χ0v) is 16.1. The van der Waals surface area contributed by atoms with Crippen LogP contribution in [0.25, 0.3) is 0 Å². The maximum atomic E-state index is 13.1. The van der Waals surface area contributed by atoms with Gasteiger partial charge in [0.05, 0.1) is 5.56 Å². The Labute approximate surface area is 167 Å². The molecule has 0 spiro atoms. The van der Waals surface area contributed by atoms with E-state index < -0.39 is 23.6 Å². The fourth-order valence-corrected chi connectivity index (χ4v) is 2.46. The molecule has 5 nitrogen and oxygen atoms in total. The number of halogens is 4. The van der Waals surface area contributed by atoms with E-state index in [9.17, 15) is 22.8 Å². The minimum absolute atomic E-state index is 0. The lowest BCUT2D eigenvalue weighted by atomic mass is 10.1. The number of amides is 2. The molecular formula is C19H21ClF3N3O2. The fourth-order valence-electron chi connectivity index (χ4n) is 2.46. The monoisotopic (exact) mass is 415 g/mol. The van der Waals surface area contributed by atoms with Crippen molar-refractivity contribution in [1.82, 2.24) is 10.6 Å². The predicted molar refractivity (Wildman–Crippen MR) is 103 cm³/mol. The van der Waals surface area contributed by atoms with Crippen LogP contribution in [0.15, 0.2) is 42.5 Å². The molecule has 2 rings (SSSR count). The second-order valence-corrected chi connectivity index (χ2v) is 6.01. The molecule has 0 aromatic heterocycles. The van der Waals surface area contributed by atoms with E-state index in [-0.39, 0.29) is 30.2 Å². The number of rotatable bonds is 6. The van der Waals surface area contributed by atoms with E-state index >= 15 is 0 Å². The van der Waals surface area contributed by atoms with Gasteiger partial charge in [-0.1, -0.05) is 24.3 Å². The van der Waals surface area contributed by atoms with Gasteiger partial charge in [0.2, 0.25) is 5.91 Å². The first-order chi connectivity index (χ1) is 12.7. The molecule has 2 aromatic rings. The predicted octanol–water partition coefficient (Wildman–Crippen LogP) is 3.74.